The Labute approximate surface area is 195 Å². The molecule has 10 heteroatoms. The van der Waals surface area contributed by atoms with E-state index in [2.05, 4.69) is 15.0 Å². The molecule has 0 radical (unpaired) electrons. The molecule has 4 rings (SSSR count). The lowest BCUT2D eigenvalue weighted by molar-refractivity contribution is 0.102. The average molecular weight is 484 g/mol. The third-order valence-electron chi connectivity index (χ3n) is 4.82. The number of thiazole rings is 1. The SMILES string of the molecule is COc1cc2nc(NC(=O)c3cccc(NS(=O)(=O)c4ccc(C)cc4)c3)sc2cc1OC. The van der Waals surface area contributed by atoms with Gasteiger partial charge in [-0.05, 0) is 37.3 Å². The number of aryl methyl sites for hydroxylation is 1. The van der Waals surface area contributed by atoms with Crippen molar-refractivity contribution in [2.75, 3.05) is 24.3 Å². The van der Waals surface area contributed by atoms with E-state index in [4.69, 9.17) is 9.47 Å². The van der Waals surface area contributed by atoms with Crippen LogP contribution in [0.15, 0.2) is 65.6 Å². The number of anilines is 2. The van der Waals surface area contributed by atoms with E-state index in [0.29, 0.717) is 22.1 Å². The molecule has 0 bridgehead atoms. The van der Waals surface area contributed by atoms with Crippen molar-refractivity contribution in [3.63, 3.8) is 0 Å². The molecular weight excluding hydrogens is 462 g/mol. The predicted molar refractivity (Wildman–Crippen MR) is 129 cm³/mol. The minimum atomic E-state index is -3.78. The molecule has 170 valence electrons. The van der Waals surface area contributed by atoms with Gasteiger partial charge in [0, 0.05) is 23.4 Å². The second-order valence-electron chi connectivity index (χ2n) is 7.15. The summed E-state index contributed by atoms with van der Waals surface area (Å²) in [6, 6.07) is 16.3. The molecule has 0 saturated carbocycles. The summed E-state index contributed by atoms with van der Waals surface area (Å²) < 4.78 is 39.2. The minimum Gasteiger partial charge on any atom is -0.493 e. The number of methoxy groups -OCH3 is 2. The van der Waals surface area contributed by atoms with Crippen molar-refractivity contribution in [3.8, 4) is 11.5 Å². The number of carbonyl (C=O) groups is 1. The van der Waals surface area contributed by atoms with Gasteiger partial charge in [0.1, 0.15) is 0 Å². The zero-order chi connectivity index (χ0) is 23.6. The number of nitrogens with one attached hydrogen (secondary N) is 2. The lowest BCUT2D eigenvalue weighted by Gasteiger charge is -2.10. The molecule has 0 aliphatic rings. The quantitative estimate of drug-likeness (QED) is 0.395. The monoisotopic (exact) mass is 483 g/mol. The molecule has 1 aromatic heterocycles. The fourth-order valence-electron chi connectivity index (χ4n) is 3.13. The number of nitrogens with zero attached hydrogens (tertiary/aromatic N) is 1. The van der Waals surface area contributed by atoms with E-state index < -0.39 is 15.9 Å². The van der Waals surface area contributed by atoms with Crippen LogP contribution in [0.4, 0.5) is 10.8 Å². The first-order valence-electron chi connectivity index (χ1n) is 9.82. The Morgan fingerprint density at radius 2 is 1.67 bits per heavy atom. The molecule has 0 atom stereocenters. The molecule has 2 N–H and O–H groups in total. The van der Waals surface area contributed by atoms with Crippen molar-refractivity contribution in [1.29, 1.82) is 0 Å². The summed E-state index contributed by atoms with van der Waals surface area (Å²) in [7, 11) is -0.688. The third-order valence-corrected chi connectivity index (χ3v) is 7.15. The highest BCUT2D eigenvalue weighted by atomic mass is 32.2. The molecule has 1 amide bonds. The van der Waals surface area contributed by atoms with Gasteiger partial charge in [0.05, 0.1) is 29.3 Å². The molecule has 3 aromatic carbocycles. The fourth-order valence-corrected chi connectivity index (χ4v) is 5.05. The number of rotatable bonds is 7. The number of sulfonamides is 1. The molecular formula is C23H21N3O5S2. The maximum absolute atomic E-state index is 12.8. The molecule has 0 aliphatic carbocycles. The highest BCUT2D eigenvalue weighted by Crippen LogP contribution is 2.36. The molecule has 0 fully saturated rings. The number of hydrogen-bond acceptors (Lipinski definition) is 7. The number of amides is 1. The lowest BCUT2D eigenvalue weighted by atomic mass is 10.2. The summed E-state index contributed by atoms with van der Waals surface area (Å²) in [5.74, 6) is 0.700. The highest BCUT2D eigenvalue weighted by molar-refractivity contribution is 7.92. The number of aromatic nitrogens is 1. The first-order chi connectivity index (χ1) is 15.8. The van der Waals surface area contributed by atoms with Gasteiger partial charge in [-0.1, -0.05) is 35.1 Å². The van der Waals surface area contributed by atoms with Crippen LogP contribution < -0.4 is 19.5 Å². The first-order valence-corrected chi connectivity index (χ1v) is 12.1. The summed E-state index contributed by atoms with van der Waals surface area (Å²) in [4.78, 5) is 17.4. The summed E-state index contributed by atoms with van der Waals surface area (Å²) in [5.41, 5.74) is 2.18. The molecule has 33 heavy (non-hydrogen) atoms. The van der Waals surface area contributed by atoms with Gasteiger partial charge in [-0.3, -0.25) is 14.8 Å². The van der Waals surface area contributed by atoms with Gasteiger partial charge in [-0.2, -0.15) is 0 Å². The third kappa shape index (κ3) is 4.91. The number of fused-ring (bicyclic) bond motifs is 1. The Bertz CT molecular complexity index is 1390. The molecule has 0 spiro atoms. The topological polar surface area (TPSA) is 107 Å². The second kappa shape index (κ2) is 9.08. The van der Waals surface area contributed by atoms with Crippen molar-refractivity contribution in [2.24, 2.45) is 0 Å². The van der Waals surface area contributed by atoms with Crippen LogP contribution in [-0.4, -0.2) is 33.5 Å². The Hall–Kier alpha value is -3.63. The normalized spacial score (nSPS) is 11.2. The zero-order valence-corrected chi connectivity index (χ0v) is 19.7. The van der Waals surface area contributed by atoms with Gasteiger partial charge in [-0.25, -0.2) is 13.4 Å². The van der Waals surface area contributed by atoms with E-state index in [-0.39, 0.29) is 16.1 Å². The van der Waals surface area contributed by atoms with Crippen LogP contribution in [0, 0.1) is 6.92 Å². The average Bonchev–Trinajstić information content (AvgIpc) is 3.19. The van der Waals surface area contributed by atoms with E-state index in [1.165, 1.54) is 29.5 Å². The highest BCUT2D eigenvalue weighted by Gasteiger charge is 2.16. The predicted octanol–water partition coefficient (Wildman–Crippen LogP) is 4.68. The number of benzene rings is 3. The van der Waals surface area contributed by atoms with Crippen molar-refractivity contribution in [3.05, 3.63) is 71.8 Å². The molecule has 8 nitrogen and oxygen atoms in total. The Morgan fingerprint density at radius 1 is 0.970 bits per heavy atom. The van der Waals surface area contributed by atoms with Crippen molar-refractivity contribution in [1.82, 2.24) is 4.98 Å². The van der Waals surface area contributed by atoms with E-state index >= 15 is 0 Å². The van der Waals surface area contributed by atoms with Gasteiger partial charge in [0.2, 0.25) is 0 Å². The van der Waals surface area contributed by atoms with E-state index in [1.807, 2.05) is 6.92 Å². The lowest BCUT2D eigenvalue weighted by Crippen LogP contribution is -2.15. The van der Waals surface area contributed by atoms with Crippen molar-refractivity contribution in [2.45, 2.75) is 11.8 Å². The van der Waals surface area contributed by atoms with Crippen LogP contribution >= 0.6 is 11.3 Å². The first kappa shape index (κ1) is 22.6. The minimum absolute atomic E-state index is 0.142. The number of carbonyl (C=O) groups excluding carboxylic acids is 1. The maximum Gasteiger partial charge on any atom is 0.261 e. The summed E-state index contributed by atoms with van der Waals surface area (Å²) in [6.45, 7) is 1.88. The second-order valence-corrected chi connectivity index (χ2v) is 9.86. The van der Waals surface area contributed by atoms with Crippen LogP contribution in [0.5, 0.6) is 11.5 Å². The van der Waals surface area contributed by atoms with Crippen LogP contribution in [0.3, 0.4) is 0 Å². The largest absolute Gasteiger partial charge is 0.493 e. The van der Waals surface area contributed by atoms with Gasteiger partial charge in [-0.15, -0.1) is 0 Å². The summed E-state index contributed by atoms with van der Waals surface area (Å²) >= 11 is 1.29. The zero-order valence-electron chi connectivity index (χ0n) is 18.1. The van der Waals surface area contributed by atoms with Crippen LogP contribution in [0.2, 0.25) is 0 Å². The summed E-state index contributed by atoms with van der Waals surface area (Å²) in [6.07, 6.45) is 0. The van der Waals surface area contributed by atoms with Gasteiger partial charge >= 0.3 is 0 Å². The smallest absolute Gasteiger partial charge is 0.261 e. The molecule has 4 aromatic rings. The maximum atomic E-state index is 12.8. The number of ether oxygens (including phenoxy) is 2. The standard InChI is InChI=1S/C23H21N3O5S2/c1-14-7-9-17(10-8-14)33(28,29)26-16-6-4-5-15(11-16)22(27)25-23-24-18-12-19(30-2)20(31-3)13-21(18)32-23/h4-13,26H,1-3H3,(H,24,25,27). The summed E-state index contributed by atoms with van der Waals surface area (Å²) in [5, 5.41) is 3.16. The molecule has 0 saturated heterocycles. The van der Waals surface area contributed by atoms with Crippen LogP contribution in [-0.2, 0) is 10.0 Å². The Morgan fingerprint density at radius 3 is 2.36 bits per heavy atom. The van der Waals surface area contributed by atoms with E-state index in [0.717, 1.165) is 10.3 Å². The van der Waals surface area contributed by atoms with Crippen LogP contribution in [0.1, 0.15) is 15.9 Å². The molecule has 1 heterocycles. The van der Waals surface area contributed by atoms with E-state index in [9.17, 15) is 13.2 Å². The number of hydrogen-bond donors (Lipinski definition) is 2. The van der Waals surface area contributed by atoms with Crippen LogP contribution in [0.25, 0.3) is 10.2 Å². The van der Waals surface area contributed by atoms with E-state index in [1.54, 1.807) is 56.7 Å². The van der Waals surface area contributed by atoms with Crippen molar-refractivity contribution >= 4 is 48.3 Å². The fraction of sp³-hybridized carbons (Fsp3) is 0.130. The Kier molecular flexibility index (Phi) is 6.21. The van der Waals surface area contributed by atoms with Crippen molar-refractivity contribution < 1.29 is 22.7 Å². The van der Waals surface area contributed by atoms with Gasteiger partial charge in [0.15, 0.2) is 16.6 Å². The van der Waals surface area contributed by atoms with Gasteiger partial charge in [0.25, 0.3) is 15.9 Å². The molecule has 0 unspecified atom stereocenters. The Balaban J connectivity index is 1.53. The van der Waals surface area contributed by atoms with Gasteiger partial charge < -0.3 is 9.47 Å². The molecule has 0 aliphatic heterocycles.